The van der Waals surface area contributed by atoms with Gasteiger partial charge in [0.15, 0.2) is 0 Å². The number of hydrogen-bond donors (Lipinski definition) is 2. The maximum absolute atomic E-state index is 12.2. The number of likely N-dealkylation sites (N-methyl/N-ethyl adjacent to an activating group) is 1. The first-order valence-electron chi connectivity index (χ1n) is 5.95. The number of sulfonamides is 1. The molecule has 0 spiro atoms. The van der Waals surface area contributed by atoms with E-state index in [0.29, 0.717) is 24.2 Å². The van der Waals surface area contributed by atoms with Crippen molar-refractivity contribution in [1.29, 1.82) is 0 Å². The summed E-state index contributed by atoms with van der Waals surface area (Å²) in [6.45, 7) is 2.30. The summed E-state index contributed by atoms with van der Waals surface area (Å²) in [7, 11) is -2.04. The van der Waals surface area contributed by atoms with Gasteiger partial charge >= 0.3 is 0 Å². The number of carbonyl (C=O) groups excluding carboxylic acids is 1. The third-order valence-corrected chi connectivity index (χ3v) is 4.75. The number of likely N-dealkylation sites (tertiary alicyclic amines) is 1. The van der Waals surface area contributed by atoms with Gasteiger partial charge in [-0.2, -0.15) is 4.72 Å². The number of aryl methyl sites for hydroxylation is 1. The summed E-state index contributed by atoms with van der Waals surface area (Å²) >= 11 is 0. The molecule has 0 radical (unpaired) electrons. The summed E-state index contributed by atoms with van der Waals surface area (Å²) in [6, 6.07) is 3.81. The Morgan fingerprint density at radius 2 is 2.11 bits per heavy atom. The number of rotatable bonds is 3. The van der Waals surface area contributed by atoms with Crippen LogP contribution in [0.15, 0.2) is 23.1 Å². The summed E-state index contributed by atoms with van der Waals surface area (Å²) in [5.74, 6) is -0.198. The van der Waals surface area contributed by atoms with E-state index in [2.05, 4.69) is 4.72 Å². The second-order valence-corrected chi connectivity index (χ2v) is 6.45. The molecule has 1 aliphatic heterocycles. The Hall–Kier alpha value is -1.60. The van der Waals surface area contributed by atoms with Crippen LogP contribution in [0.5, 0.6) is 0 Å². The molecule has 0 aromatic heterocycles. The molecule has 6 nitrogen and oxygen atoms in total. The zero-order chi connectivity index (χ0) is 14.2. The fraction of sp³-hybridized carbons (Fsp3) is 0.417. The van der Waals surface area contributed by atoms with E-state index in [-0.39, 0.29) is 10.8 Å². The summed E-state index contributed by atoms with van der Waals surface area (Å²) in [5, 5.41) is 0. The molecule has 1 aromatic rings. The van der Waals surface area contributed by atoms with Gasteiger partial charge in [-0.25, -0.2) is 8.42 Å². The van der Waals surface area contributed by atoms with Crippen LogP contribution in [0.1, 0.15) is 12.0 Å². The van der Waals surface area contributed by atoms with Gasteiger partial charge in [-0.1, -0.05) is 0 Å². The molecule has 1 atom stereocenters. The third kappa shape index (κ3) is 2.71. The van der Waals surface area contributed by atoms with E-state index in [1.165, 1.54) is 17.0 Å². The van der Waals surface area contributed by atoms with Crippen molar-refractivity contribution in [2.75, 3.05) is 19.3 Å². The monoisotopic (exact) mass is 283 g/mol. The lowest BCUT2D eigenvalue weighted by Crippen LogP contribution is -2.40. The third-order valence-electron chi connectivity index (χ3n) is 3.28. The number of hydrogen-bond acceptors (Lipinski definition) is 4. The topological polar surface area (TPSA) is 92.5 Å². The Labute approximate surface area is 112 Å². The van der Waals surface area contributed by atoms with E-state index in [9.17, 15) is 13.2 Å². The molecular weight excluding hydrogens is 266 g/mol. The number of amides is 1. The maximum Gasteiger partial charge on any atom is 0.241 e. The fourth-order valence-corrected chi connectivity index (χ4v) is 3.31. The predicted molar refractivity (Wildman–Crippen MR) is 72.0 cm³/mol. The van der Waals surface area contributed by atoms with Crippen molar-refractivity contribution in [3.63, 3.8) is 0 Å². The number of carbonyl (C=O) groups is 1. The molecule has 1 amide bonds. The quantitative estimate of drug-likeness (QED) is 0.769. The van der Waals surface area contributed by atoms with Gasteiger partial charge in [0.25, 0.3) is 0 Å². The second-order valence-electron chi connectivity index (χ2n) is 4.74. The molecular formula is C12H17N3O3S. The highest BCUT2D eigenvalue weighted by Crippen LogP contribution is 2.18. The summed E-state index contributed by atoms with van der Waals surface area (Å²) < 4.78 is 26.8. The molecule has 1 aliphatic rings. The van der Waals surface area contributed by atoms with Gasteiger partial charge < -0.3 is 10.6 Å². The van der Waals surface area contributed by atoms with Crippen LogP contribution in [0.25, 0.3) is 0 Å². The number of nitrogen functional groups attached to an aromatic ring is 1. The largest absolute Gasteiger partial charge is 0.399 e. The van der Waals surface area contributed by atoms with Crippen LogP contribution in [0, 0.1) is 6.92 Å². The highest BCUT2D eigenvalue weighted by Gasteiger charge is 2.32. The first kappa shape index (κ1) is 13.8. The first-order valence-corrected chi connectivity index (χ1v) is 7.43. The molecule has 1 heterocycles. The van der Waals surface area contributed by atoms with Crippen molar-refractivity contribution >= 4 is 21.6 Å². The van der Waals surface area contributed by atoms with Crippen LogP contribution in [-0.4, -0.2) is 38.9 Å². The van der Waals surface area contributed by atoms with Gasteiger partial charge in [-0.15, -0.1) is 0 Å². The smallest absolute Gasteiger partial charge is 0.241 e. The maximum atomic E-state index is 12.2. The average Bonchev–Trinajstić information content (AvgIpc) is 2.64. The van der Waals surface area contributed by atoms with Crippen LogP contribution in [0.3, 0.4) is 0 Å². The molecule has 1 unspecified atom stereocenters. The molecule has 0 saturated carbocycles. The fourth-order valence-electron chi connectivity index (χ4n) is 2.00. The zero-order valence-corrected chi connectivity index (χ0v) is 11.7. The molecule has 19 heavy (non-hydrogen) atoms. The molecule has 1 saturated heterocycles. The Morgan fingerprint density at radius 3 is 2.63 bits per heavy atom. The van der Waals surface area contributed by atoms with Crippen molar-refractivity contribution in [1.82, 2.24) is 9.62 Å². The molecule has 104 valence electrons. The van der Waals surface area contributed by atoms with Crippen LogP contribution in [0.4, 0.5) is 5.69 Å². The normalized spacial score (nSPS) is 20.0. The number of benzene rings is 1. The van der Waals surface area contributed by atoms with Crippen LogP contribution in [-0.2, 0) is 14.8 Å². The van der Waals surface area contributed by atoms with Crippen molar-refractivity contribution in [3.8, 4) is 0 Å². The predicted octanol–water partition coefficient (Wildman–Crippen LogP) is 0.0862. The Morgan fingerprint density at radius 1 is 1.42 bits per heavy atom. The van der Waals surface area contributed by atoms with Gasteiger partial charge in [0, 0.05) is 19.3 Å². The first-order chi connectivity index (χ1) is 8.81. The number of nitrogens with zero attached hydrogens (tertiary/aromatic N) is 1. The minimum atomic E-state index is -3.69. The van der Waals surface area contributed by atoms with E-state index in [0.717, 1.165) is 0 Å². The van der Waals surface area contributed by atoms with E-state index in [4.69, 9.17) is 5.73 Å². The molecule has 3 N–H and O–H groups in total. The van der Waals surface area contributed by atoms with Crippen molar-refractivity contribution in [3.05, 3.63) is 23.8 Å². The molecule has 2 rings (SSSR count). The van der Waals surface area contributed by atoms with Crippen molar-refractivity contribution < 1.29 is 13.2 Å². The van der Waals surface area contributed by atoms with Crippen LogP contribution < -0.4 is 10.5 Å². The lowest BCUT2D eigenvalue weighted by molar-refractivity contribution is -0.127. The molecule has 7 heteroatoms. The van der Waals surface area contributed by atoms with Gasteiger partial charge in [-0.05, 0) is 37.1 Å². The van der Waals surface area contributed by atoms with Gasteiger partial charge in [0.1, 0.15) is 6.04 Å². The van der Waals surface area contributed by atoms with E-state index in [1.807, 2.05) is 0 Å². The van der Waals surface area contributed by atoms with E-state index < -0.39 is 16.1 Å². The number of nitrogens with two attached hydrogens (primary N) is 1. The van der Waals surface area contributed by atoms with Gasteiger partial charge in [-0.3, -0.25) is 4.79 Å². The van der Waals surface area contributed by atoms with Gasteiger partial charge in [0.05, 0.1) is 4.90 Å². The lowest BCUT2D eigenvalue weighted by atomic mass is 10.2. The molecule has 0 aliphatic carbocycles. The summed E-state index contributed by atoms with van der Waals surface area (Å²) in [4.78, 5) is 13.4. The summed E-state index contributed by atoms with van der Waals surface area (Å²) in [6.07, 6.45) is 0.489. The molecule has 1 fully saturated rings. The Balaban J connectivity index is 2.23. The van der Waals surface area contributed by atoms with Gasteiger partial charge in [0.2, 0.25) is 15.9 Å². The average molecular weight is 283 g/mol. The van der Waals surface area contributed by atoms with Crippen molar-refractivity contribution in [2.45, 2.75) is 24.3 Å². The minimum absolute atomic E-state index is 0.126. The Kier molecular flexibility index (Phi) is 3.51. The SMILES string of the molecule is Cc1cc(S(=O)(=O)NC2CCN(C)C2=O)ccc1N. The standard InChI is InChI=1S/C12H17N3O3S/c1-8-7-9(3-4-10(8)13)19(17,18)14-11-5-6-15(2)12(11)16/h3-4,7,11,14H,5-6,13H2,1-2H3. The van der Waals surface area contributed by atoms with Crippen LogP contribution in [0.2, 0.25) is 0 Å². The second kappa shape index (κ2) is 4.82. The zero-order valence-electron chi connectivity index (χ0n) is 10.9. The summed E-state index contributed by atoms with van der Waals surface area (Å²) in [5.41, 5.74) is 6.89. The Bertz CT molecular complexity index is 613. The highest BCUT2D eigenvalue weighted by atomic mass is 32.2. The van der Waals surface area contributed by atoms with E-state index in [1.54, 1.807) is 20.0 Å². The van der Waals surface area contributed by atoms with Crippen molar-refractivity contribution in [2.24, 2.45) is 0 Å². The highest BCUT2D eigenvalue weighted by molar-refractivity contribution is 7.89. The number of anilines is 1. The number of nitrogens with one attached hydrogen (secondary N) is 1. The van der Waals surface area contributed by atoms with Crippen LogP contribution >= 0.6 is 0 Å². The lowest BCUT2D eigenvalue weighted by Gasteiger charge is -2.13. The minimum Gasteiger partial charge on any atom is -0.399 e. The molecule has 0 bridgehead atoms. The molecule has 1 aromatic carbocycles. The van der Waals surface area contributed by atoms with E-state index >= 15 is 0 Å².